The van der Waals surface area contributed by atoms with Crippen LogP contribution in [0.2, 0.25) is 5.02 Å². The zero-order valence-electron chi connectivity index (χ0n) is 16.8. The predicted molar refractivity (Wildman–Crippen MR) is 131 cm³/mol. The smallest absolute Gasteiger partial charge is 0.345 e. The van der Waals surface area contributed by atoms with Crippen LogP contribution in [-0.4, -0.2) is 23.3 Å². The lowest BCUT2D eigenvalue weighted by Crippen LogP contribution is -2.27. The minimum absolute atomic E-state index is 0.195. The van der Waals surface area contributed by atoms with Crippen molar-refractivity contribution in [3.63, 3.8) is 0 Å². The molecule has 1 fully saturated rings. The van der Waals surface area contributed by atoms with E-state index in [1.807, 2.05) is 30.3 Å². The van der Waals surface area contributed by atoms with Crippen LogP contribution in [-0.2, 0) is 4.79 Å². The van der Waals surface area contributed by atoms with E-state index in [4.69, 9.17) is 33.3 Å². The molecule has 0 unspecified atom stereocenters. The van der Waals surface area contributed by atoms with Crippen LogP contribution in [0.1, 0.15) is 15.9 Å². The molecule has 3 aromatic carbocycles. The number of esters is 1. The van der Waals surface area contributed by atoms with Crippen molar-refractivity contribution in [3.05, 3.63) is 93.9 Å². The molecule has 0 N–H and O–H groups in total. The van der Waals surface area contributed by atoms with Gasteiger partial charge < -0.3 is 9.47 Å². The zero-order chi connectivity index (χ0) is 22.7. The fraction of sp³-hybridized carbons (Fsp3) is 0.0417. The first-order valence-electron chi connectivity index (χ1n) is 9.45. The number of hydrogen-bond acceptors (Lipinski definition) is 6. The van der Waals surface area contributed by atoms with Gasteiger partial charge in [0.25, 0.3) is 5.91 Å². The number of methoxy groups -OCH3 is 1. The van der Waals surface area contributed by atoms with Gasteiger partial charge in [0.2, 0.25) is 0 Å². The van der Waals surface area contributed by atoms with E-state index in [0.717, 1.165) is 5.69 Å². The van der Waals surface area contributed by atoms with Gasteiger partial charge in [0.15, 0.2) is 15.8 Å². The summed E-state index contributed by atoms with van der Waals surface area (Å²) in [7, 11) is 1.47. The predicted octanol–water partition coefficient (Wildman–Crippen LogP) is 5.97. The molecule has 160 valence electrons. The molecule has 1 amide bonds. The van der Waals surface area contributed by atoms with Crippen LogP contribution in [0.3, 0.4) is 0 Å². The molecular weight excluding hydrogens is 466 g/mol. The quantitative estimate of drug-likeness (QED) is 0.193. The Labute approximate surface area is 199 Å². The third-order valence-electron chi connectivity index (χ3n) is 4.59. The number of anilines is 1. The summed E-state index contributed by atoms with van der Waals surface area (Å²) in [6.07, 6.45) is 1.73. The molecule has 5 nitrogen and oxygen atoms in total. The van der Waals surface area contributed by atoms with Gasteiger partial charge in [-0.15, -0.1) is 0 Å². The fourth-order valence-corrected chi connectivity index (χ4v) is 4.57. The lowest BCUT2D eigenvalue weighted by atomic mass is 10.1. The van der Waals surface area contributed by atoms with Crippen molar-refractivity contribution in [1.82, 2.24) is 0 Å². The largest absolute Gasteiger partial charge is 0.493 e. The van der Waals surface area contributed by atoms with Gasteiger partial charge in [0, 0.05) is 0 Å². The number of nitrogens with zero attached hydrogens (tertiary/aromatic N) is 1. The zero-order valence-corrected chi connectivity index (χ0v) is 19.2. The van der Waals surface area contributed by atoms with E-state index < -0.39 is 5.97 Å². The summed E-state index contributed by atoms with van der Waals surface area (Å²) in [5.41, 5.74) is 1.68. The van der Waals surface area contributed by atoms with Crippen molar-refractivity contribution < 1.29 is 19.1 Å². The number of hydrogen-bond donors (Lipinski definition) is 0. The number of benzene rings is 3. The highest BCUT2D eigenvalue weighted by Crippen LogP contribution is 2.37. The maximum absolute atomic E-state index is 12.9. The van der Waals surface area contributed by atoms with Crippen LogP contribution < -0.4 is 14.4 Å². The van der Waals surface area contributed by atoms with E-state index in [2.05, 4.69) is 0 Å². The van der Waals surface area contributed by atoms with E-state index in [0.29, 0.717) is 25.6 Å². The maximum atomic E-state index is 12.9. The second-order valence-electron chi connectivity index (χ2n) is 6.63. The number of halogens is 1. The number of rotatable bonds is 5. The molecule has 0 spiro atoms. The van der Waals surface area contributed by atoms with Gasteiger partial charge in [0.05, 0.1) is 28.3 Å². The molecule has 0 radical (unpaired) electrons. The number of thiocarbonyl (C=S) groups is 1. The summed E-state index contributed by atoms with van der Waals surface area (Å²) in [5.74, 6) is -0.200. The number of para-hydroxylation sites is 1. The molecule has 4 rings (SSSR count). The van der Waals surface area contributed by atoms with Crippen LogP contribution in [0.15, 0.2) is 77.7 Å². The molecule has 0 saturated carbocycles. The molecule has 1 heterocycles. The van der Waals surface area contributed by atoms with Crippen molar-refractivity contribution >= 4 is 63.5 Å². The maximum Gasteiger partial charge on any atom is 0.345 e. The van der Waals surface area contributed by atoms with Crippen molar-refractivity contribution in [2.45, 2.75) is 0 Å². The highest BCUT2D eigenvalue weighted by Gasteiger charge is 2.33. The summed E-state index contributed by atoms with van der Waals surface area (Å²) in [5, 5.41) is 0.300. The third-order valence-corrected chi connectivity index (χ3v) is 6.22. The minimum atomic E-state index is -0.592. The van der Waals surface area contributed by atoms with Crippen LogP contribution in [0.25, 0.3) is 6.08 Å². The second kappa shape index (κ2) is 9.56. The Morgan fingerprint density at radius 2 is 1.75 bits per heavy atom. The van der Waals surface area contributed by atoms with E-state index in [9.17, 15) is 9.59 Å². The molecule has 3 aromatic rings. The first-order chi connectivity index (χ1) is 15.5. The molecular formula is C24H16ClNO4S2. The van der Waals surface area contributed by atoms with Gasteiger partial charge in [-0.1, -0.05) is 72.0 Å². The van der Waals surface area contributed by atoms with E-state index in [1.54, 1.807) is 48.5 Å². The molecule has 8 heteroatoms. The number of carbonyl (C=O) groups is 2. The lowest BCUT2D eigenvalue weighted by molar-refractivity contribution is -0.113. The Kier molecular flexibility index (Phi) is 6.60. The van der Waals surface area contributed by atoms with Gasteiger partial charge in [-0.05, 0) is 48.0 Å². The molecule has 0 atom stereocenters. The van der Waals surface area contributed by atoms with Crippen LogP contribution in [0.4, 0.5) is 5.69 Å². The van der Waals surface area contributed by atoms with Crippen molar-refractivity contribution in [2.24, 2.45) is 0 Å². The Hall–Kier alpha value is -3.13. The monoisotopic (exact) mass is 481 g/mol. The molecule has 0 aliphatic carbocycles. The van der Waals surface area contributed by atoms with Gasteiger partial charge in [-0.3, -0.25) is 9.69 Å². The molecule has 1 aliphatic rings. The van der Waals surface area contributed by atoms with Gasteiger partial charge in [-0.25, -0.2) is 4.79 Å². The molecule has 0 aromatic heterocycles. The lowest BCUT2D eigenvalue weighted by Gasteiger charge is -2.13. The SMILES string of the molecule is COc1cc(/C=C2/SC(=S)N(c3ccccc3)C2=O)ccc1OC(=O)c1ccccc1Cl. The summed E-state index contributed by atoms with van der Waals surface area (Å²) in [6.45, 7) is 0. The minimum Gasteiger partial charge on any atom is -0.493 e. The highest BCUT2D eigenvalue weighted by atomic mass is 35.5. The molecule has 0 bridgehead atoms. The topological polar surface area (TPSA) is 55.8 Å². The van der Waals surface area contributed by atoms with Crippen LogP contribution >= 0.6 is 35.6 Å². The van der Waals surface area contributed by atoms with Gasteiger partial charge in [-0.2, -0.15) is 0 Å². The summed E-state index contributed by atoms with van der Waals surface area (Å²) < 4.78 is 11.3. The summed E-state index contributed by atoms with van der Waals surface area (Å²) in [6, 6.07) is 20.9. The number of ether oxygens (including phenoxy) is 2. The molecule has 32 heavy (non-hydrogen) atoms. The normalized spacial score (nSPS) is 14.7. The Morgan fingerprint density at radius 3 is 2.47 bits per heavy atom. The van der Waals surface area contributed by atoms with E-state index >= 15 is 0 Å². The standard InChI is InChI=1S/C24H16ClNO4S2/c1-29-20-13-15(11-12-19(20)30-23(28)17-9-5-6-10-18(17)25)14-21-22(27)26(24(31)32-21)16-7-3-2-4-8-16/h2-14H,1H3/b21-14+. The third kappa shape index (κ3) is 4.55. The molecule has 1 saturated heterocycles. The van der Waals surface area contributed by atoms with Crippen LogP contribution in [0.5, 0.6) is 11.5 Å². The highest BCUT2D eigenvalue weighted by molar-refractivity contribution is 8.27. The van der Waals surface area contributed by atoms with Crippen LogP contribution in [0, 0.1) is 0 Å². The van der Waals surface area contributed by atoms with Gasteiger partial charge in [0.1, 0.15) is 0 Å². The summed E-state index contributed by atoms with van der Waals surface area (Å²) in [4.78, 5) is 27.4. The first-order valence-corrected chi connectivity index (χ1v) is 11.1. The van der Waals surface area contributed by atoms with Gasteiger partial charge >= 0.3 is 5.97 Å². The summed E-state index contributed by atoms with van der Waals surface area (Å²) >= 11 is 12.7. The fourth-order valence-electron chi connectivity index (χ4n) is 3.06. The van der Waals surface area contributed by atoms with Crippen molar-refractivity contribution in [3.8, 4) is 11.5 Å². The Bertz CT molecular complexity index is 1240. The van der Waals surface area contributed by atoms with E-state index in [1.165, 1.54) is 23.8 Å². The molecule has 1 aliphatic heterocycles. The average molecular weight is 482 g/mol. The van der Waals surface area contributed by atoms with E-state index in [-0.39, 0.29) is 17.2 Å². The Balaban J connectivity index is 1.57. The van der Waals surface area contributed by atoms with Crippen molar-refractivity contribution in [2.75, 3.05) is 12.0 Å². The van der Waals surface area contributed by atoms with Crippen molar-refractivity contribution in [1.29, 1.82) is 0 Å². The number of carbonyl (C=O) groups excluding carboxylic acids is 2. The number of thioether (sulfide) groups is 1. The Morgan fingerprint density at radius 1 is 1.03 bits per heavy atom. The average Bonchev–Trinajstić information content (AvgIpc) is 3.08. The first kappa shape index (κ1) is 22.1. The number of amides is 1. The second-order valence-corrected chi connectivity index (χ2v) is 8.72.